The summed E-state index contributed by atoms with van der Waals surface area (Å²) in [7, 11) is 1.67. The lowest BCUT2D eigenvalue weighted by Crippen LogP contribution is -2.38. The molecule has 3 unspecified atom stereocenters. The normalized spacial score (nSPS) is 23.6. The molecule has 0 bridgehead atoms. The van der Waals surface area contributed by atoms with Crippen LogP contribution >= 0.6 is 0 Å². The van der Waals surface area contributed by atoms with Crippen LogP contribution in [0, 0.1) is 17.8 Å². The second-order valence-electron chi connectivity index (χ2n) is 11.9. The van der Waals surface area contributed by atoms with Crippen LogP contribution in [0.3, 0.4) is 0 Å². The number of nitrogens with zero attached hydrogens (tertiary/aromatic N) is 1. The molecule has 2 amide bonds. The lowest BCUT2D eigenvalue weighted by molar-refractivity contribution is -0.138. The van der Waals surface area contributed by atoms with Crippen molar-refractivity contribution in [2.75, 3.05) is 13.7 Å². The number of primary amides is 1. The minimum atomic E-state index is -0.286. The number of hydrogen-bond acceptors (Lipinski definition) is 3. The smallest absolute Gasteiger partial charge is 0.225 e. The van der Waals surface area contributed by atoms with E-state index in [1.165, 1.54) is 24.8 Å². The van der Waals surface area contributed by atoms with Gasteiger partial charge in [0.1, 0.15) is 5.75 Å². The van der Waals surface area contributed by atoms with Crippen molar-refractivity contribution in [3.05, 3.63) is 65.7 Å². The molecule has 2 aromatic rings. The molecule has 5 nitrogen and oxygen atoms in total. The van der Waals surface area contributed by atoms with Gasteiger partial charge in [0, 0.05) is 25.4 Å². The van der Waals surface area contributed by atoms with E-state index >= 15 is 0 Å². The largest absolute Gasteiger partial charge is 0.497 e. The van der Waals surface area contributed by atoms with Gasteiger partial charge in [-0.1, -0.05) is 82.5 Å². The summed E-state index contributed by atoms with van der Waals surface area (Å²) in [6.45, 7) is 8.04. The van der Waals surface area contributed by atoms with Crippen molar-refractivity contribution in [2.45, 2.75) is 96.9 Å². The number of carbonyl (C=O) groups excluding carboxylic acids is 2. The second kappa shape index (κ2) is 15.1. The summed E-state index contributed by atoms with van der Waals surface area (Å²) in [5.41, 5.74) is 8.18. The van der Waals surface area contributed by atoms with Gasteiger partial charge >= 0.3 is 0 Å². The van der Waals surface area contributed by atoms with Gasteiger partial charge in [-0.25, -0.2) is 0 Å². The molecule has 0 spiro atoms. The van der Waals surface area contributed by atoms with Crippen LogP contribution < -0.4 is 10.5 Å². The van der Waals surface area contributed by atoms with Gasteiger partial charge in [-0.05, 0) is 79.0 Å². The van der Waals surface area contributed by atoms with Crippen LogP contribution in [-0.4, -0.2) is 30.4 Å². The molecule has 3 rings (SSSR count). The summed E-state index contributed by atoms with van der Waals surface area (Å²) in [6.07, 6.45) is 9.72. The minimum absolute atomic E-state index is 0.0898. The summed E-state index contributed by atoms with van der Waals surface area (Å²) in [5, 5.41) is 0. The molecule has 1 fully saturated rings. The van der Waals surface area contributed by atoms with Crippen LogP contribution in [-0.2, 0) is 21.5 Å². The van der Waals surface area contributed by atoms with Gasteiger partial charge in [0.15, 0.2) is 0 Å². The van der Waals surface area contributed by atoms with Gasteiger partial charge in [0.05, 0.1) is 7.11 Å². The Bertz CT molecular complexity index is 1020. The van der Waals surface area contributed by atoms with E-state index in [-0.39, 0.29) is 29.1 Å². The number of benzene rings is 2. The van der Waals surface area contributed by atoms with Gasteiger partial charge in [-0.3, -0.25) is 9.59 Å². The molecule has 0 radical (unpaired) electrons. The highest BCUT2D eigenvalue weighted by Crippen LogP contribution is 2.43. The Balaban J connectivity index is 1.94. The number of nitrogens with two attached hydrogens (primary N) is 1. The Morgan fingerprint density at radius 3 is 2.44 bits per heavy atom. The van der Waals surface area contributed by atoms with Crippen molar-refractivity contribution in [3.63, 3.8) is 0 Å². The van der Waals surface area contributed by atoms with Crippen LogP contribution in [0.4, 0.5) is 0 Å². The number of amides is 2. The zero-order valence-electron chi connectivity index (χ0n) is 24.7. The zero-order chi connectivity index (χ0) is 28.3. The van der Waals surface area contributed by atoms with Crippen molar-refractivity contribution < 1.29 is 14.3 Å². The van der Waals surface area contributed by atoms with Gasteiger partial charge in [-0.15, -0.1) is 0 Å². The molecule has 4 atom stereocenters. The Hall–Kier alpha value is -2.82. The van der Waals surface area contributed by atoms with Crippen molar-refractivity contribution in [1.29, 1.82) is 0 Å². The minimum Gasteiger partial charge on any atom is -0.497 e. The van der Waals surface area contributed by atoms with Crippen molar-refractivity contribution in [3.8, 4) is 5.75 Å². The third kappa shape index (κ3) is 8.84. The van der Waals surface area contributed by atoms with Crippen molar-refractivity contribution in [2.24, 2.45) is 23.5 Å². The molecule has 1 aliphatic rings. The molecule has 0 aliphatic carbocycles. The monoisotopic (exact) mass is 534 g/mol. The van der Waals surface area contributed by atoms with Gasteiger partial charge in [-0.2, -0.15) is 0 Å². The Morgan fingerprint density at radius 2 is 1.79 bits per heavy atom. The van der Waals surface area contributed by atoms with Crippen LogP contribution in [0.1, 0.15) is 96.1 Å². The average Bonchev–Trinajstić information content (AvgIpc) is 2.95. The first-order chi connectivity index (χ1) is 18.8. The maximum atomic E-state index is 13.9. The predicted octanol–water partition coefficient (Wildman–Crippen LogP) is 7.27. The first-order valence-electron chi connectivity index (χ1n) is 15.0. The fraction of sp³-hybridized carbons (Fsp3) is 0.588. The van der Waals surface area contributed by atoms with Crippen molar-refractivity contribution >= 4 is 11.8 Å². The van der Waals surface area contributed by atoms with E-state index in [2.05, 4.69) is 56.0 Å². The molecule has 1 heterocycles. The predicted molar refractivity (Wildman–Crippen MR) is 159 cm³/mol. The topological polar surface area (TPSA) is 72.6 Å². The molecule has 0 saturated carbocycles. The summed E-state index contributed by atoms with van der Waals surface area (Å²) in [5.74, 6) is 1.35. The highest BCUT2D eigenvalue weighted by atomic mass is 16.5. The van der Waals surface area contributed by atoms with E-state index in [0.29, 0.717) is 25.3 Å². The van der Waals surface area contributed by atoms with E-state index < -0.39 is 0 Å². The molecule has 1 aliphatic heterocycles. The highest BCUT2D eigenvalue weighted by molar-refractivity contribution is 5.79. The van der Waals surface area contributed by atoms with E-state index in [1.807, 2.05) is 24.3 Å². The lowest BCUT2D eigenvalue weighted by atomic mass is 9.67. The molecule has 5 heteroatoms. The summed E-state index contributed by atoms with van der Waals surface area (Å²) >= 11 is 0. The summed E-state index contributed by atoms with van der Waals surface area (Å²) in [6, 6.07) is 19.1. The average molecular weight is 535 g/mol. The third-order valence-electron chi connectivity index (χ3n) is 8.92. The van der Waals surface area contributed by atoms with E-state index in [1.54, 1.807) is 7.11 Å². The van der Waals surface area contributed by atoms with Crippen molar-refractivity contribution in [1.82, 2.24) is 4.90 Å². The maximum absolute atomic E-state index is 13.9. The SMILES string of the molecule is CCCC(C)C[C@]1(c2ccccc2)CCCC(CCC(N)=O)C(C)C(=O)N(Cc2ccc(OC)cc2)CCC1. The Kier molecular flexibility index (Phi) is 11.9. The van der Waals surface area contributed by atoms with Crippen LogP contribution in [0.15, 0.2) is 54.6 Å². The lowest BCUT2D eigenvalue weighted by Gasteiger charge is -2.38. The molecular weight excluding hydrogens is 484 g/mol. The van der Waals surface area contributed by atoms with Crippen LogP contribution in [0.5, 0.6) is 5.75 Å². The standard InChI is InChI=1S/C34H50N2O3/c1-5-11-26(2)24-34(30-13-7-6-8-14-30)21-9-12-29(17-20-32(35)37)27(3)33(38)36(23-10-22-34)25-28-15-18-31(39-4)19-16-28/h6-8,13-16,18-19,26-27,29H,5,9-12,17,20-25H2,1-4H3,(H2,35,37)/t26?,27?,29?,34-/m0/s1. The fourth-order valence-electron chi connectivity index (χ4n) is 6.78. The summed E-state index contributed by atoms with van der Waals surface area (Å²) < 4.78 is 5.33. The number of ether oxygens (including phenoxy) is 1. The first kappa shape index (κ1) is 30.7. The van der Waals surface area contributed by atoms with E-state index in [9.17, 15) is 9.59 Å². The number of rotatable bonds is 11. The number of hydrogen-bond donors (Lipinski definition) is 1. The zero-order valence-corrected chi connectivity index (χ0v) is 24.7. The van der Waals surface area contributed by atoms with Gasteiger partial charge in [0.25, 0.3) is 0 Å². The quantitative estimate of drug-likeness (QED) is 0.329. The molecule has 2 aromatic carbocycles. The van der Waals surface area contributed by atoms with Crippen LogP contribution in [0.2, 0.25) is 0 Å². The second-order valence-corrected chi connectivity index (χ2v) is 11.9. The molecule has 214 valence electrons. The summed E-state index contributed by atoms with van der Waals surface area (Å²) in [4.78, 5) is 27.7. The maximum Gasteiger partial charge on any atom is 0.225 e. The molecular formula is C34H50N2O3. The molecule has 39 heavy (non-hydrogen) atoms. The molecule has 1 saturated heterocycles. The molecule has 2 N–H and O–H groups in total. The van der Waals surface area contributed by atoms with Gasteiger partial charge in [0.2, 0.25) is 11.8 Å². The Labute approximate surface area is 236 Å². The Morgan fingerprint density at radius 1 is 1.10 bits per heavy atom. The van der Waals surface area contributed by atoms with E-state index in [0.717, 1.165) is 50.0 Å². The van der Waals surface area contributed by atoms with Gasteiger partial charge < -0.3 is 15.4 Å². The van der Waals surface area contributed by atoms with Crippen LogP contribution in [0.25, 0.3) is 0 Å². The fourth-order valence-corrected chi connectivity index (χ4v) is 6.78. The highest BCUT2D eigenvalue weighted by Gasteiger charge is 2.36. The molecule has 0 aromatic heterocycles. The third-order valence-corrected chi connectivity index (χ3v) is 8.92. The number of carbonyl (C=O) groups is 2. The van der Waals surface area contributed by atoms with E-state index in [4.69, 9.17) is 10.5 Å². The number of methoxy groups -OCH3 is 1. The first-order valence-corrected chi connectivity index (χ1v) is 15.0.